The molecular formula is C15H16N2O4S. The summed E-state index contributed by atoms with van der Waals surface area (Å²) < 4.78 is 5.14. The number of carboxylic acid groups (broad SMARTS) is 1. The zero-order chi connectivity index (χ0) is 16.3. The van der Waals surface area contributed by atoms with Crippen molar-refractivity contribution < 1.29 is 19.4 Å². The topological polar surface area (TPSA) is 88.5 Å². The number of carboxylic acids is 1. The molecule has 0 aliphatic carbocycles. The Labute approximate surface area is 131 Å². The van der Waals surface area contributed by atoms with Crippen LogP contribution in [0.2, 0.25) is 0 Å². The maximum Gasteiger partial charge on any atom is 0.412 e. The molecule has 1 amide bonds. The van der Waals surface area contributed by atoms with E-state index in [-0.39, 0.29) is 10.6 Å². The van der Waals surface area contributed by atoms with Gasteiger partial charge in [0, 0.05) is 6.20 Å². The number of hydrogen-bond acceptors (Lipinski definition) is 5. The lowest BCUT2D eigenvalue weighted by atomic mass is 10.2. The molecule has 0 aromatic carbocycles. The number of thiophene rings is 1. The van der Waals surface area contributed by atoms with Crippen molar-refractivity contribution in [3.8, 4) is 10.6 Å². The highest BCUT2D eigenvalue weighted by molar-refractivity contribution is 7.20. The van der Waals surface area contributed by atoms with Crippen LogP contribution in [0.3, 0.4) is 0 Å². The molecule has 0 unspecified atom stereocenters. The minimum atomic E-state index is -1.12. The first-order chi connectivity index (χ1) is 10.3. The van der Waals surface area contributed by atoms with E-state index in [0.29, 0.717) is 10.6 Å². The van der Waals surface area contributed by atoms with Crippen LogP contribution in [0, 0.1) is 0 Å². The third-order valence-electron chi connectivity index (χ3n) is 2.49. The molecule has 22 heavy (non-hydrogen) atoms. The molecule has 0 aliphatic heterocycles. The Morgan fingerprint density at radius 3 is 2.59 bits per heavy atom. The van der Waals surface area contributed by atoms with Gasteiger partial charge in [-0.25, -0.2) is 9.59 Å². The number of rotatable bonds is 3. The lowest BCUT2D eigenvalue weighted by Crippen LogP contribution is -2.27. The van der Waals surface area contributed by atoms with E-state index >= 15 is 0 Å². The maximum atomic E-state index is 11.8. The van der Waals surface area contributed by atoms with Gasteiger partial charge in [0.25, 0.3) is 0 Å². The molecule has 0 saturated heterocycles. The number of anilines is 1. The zero-order valence-electron chi connectivity index (χ0n) is 12.4. The van der Waals surface area contributed by atoms with Gasteiger partial charge in [0.05, 0.1) is 16.1 Å². The van der Waals surface area contributed by atoms with Gasteiger partial charge in [-0.1, -0.05) is 6.07 Å². The predicted octanol–water partition coefficient (Wildman–Crippen LogP) is 3.86. The van der Waals surface area contributed by atoms with Crippen LogP contribution in [0.5, 0.6) is 0 Å². The summed E-state index contributed by atoms with van der Waals surface area (Å²) in [4.78, 5) is 28.0. The van der Waals surface area contributed by atoms with Gasteiger partial charge in [-0.2, -0.15) is 0 Å². The van der Waals surface area contributed by atoms with Crippen molar-refractivity contribution in [2.45, 2.75) is 26.4 Å². The van der Waals surface area contributed by atoms with Gasteiger partial charge in [0.2, 0.25) is 0 Å². The van der Waals surface area contributed by atoms with E-state index in [4.69, 9.17) is 4.74 Å². The highest BCUT2D eigenvalue weighted by Gasteiger charge is 2.21. The third kappa shape index (κ3) is 4.05. The molecule has 2 rings (SSSR count). The normalized spacial score (nSPS) is 11.0. The van der Waals surface area contributed by atoms with Crippen LogP contribution in [-0.4, -0.2) is 27.8 Å². The van der Waals surface area contributed by atoms with Gasteiger partial charge in [-0.15, -0.1) is 11.3 Å². The molecule has 0 spiro atoms. The largest absolute Gasteiger partial charge is 0.478 e. The second kappa shape index (κ2) is 6.15. The molecule has 0 bridgehead atoms. The molecule has 2 aromatic rings. The number of amides is 1. The number of aromatic nitrogens is 1. The number of carbonyl (C=O) groups is 2. The Balaban J connectivity index is 2.29. The van der Waals surface area contributed by atoms with Crippen molar-refractivity contribution >= 4 is 28.4 Å². The van der Waals surface area contributed by atoms with Crippen molar-refractivity contribution in [3.05, 3.63) is 36.0 Å². The van der Waals surface area contributed by atoms with E-state index in [1.165, 1.54) is 6.07 Å². The summed E-state index contributed by atoms with van der Waals surface area (Å²) in [6.07, 6.45) is 0.931. The summed E-state index contributed by atoms with van der Waals surface area (Å²) >= 11 is 1.14. The SMILES string of the molecule is CC(C)(C)OC(=O)Nc1sc(-c2ccccn2)cc1C(=O)O. The average molecular weight is 320 g/mol. The molecule has 0 saturated carbocycles. The minimum absolute atomic E-state index is 0.0107. The van der Waals surface area contributed by atoms with Crippen LogP contribution >= 0.6 is 11.3 Å². The summed E-state index contributed by atoms with van der Waals surface area (Å²) in [5, 5.41) is 12.0. The lowest BCUT2D eigenvalue weighted by Gasteiger charge is -2.19. The fourth-order valence-corrected chi connectivity index (χ4v) is 2.69. The first-order valence-electron chi connectivity index (χ1n) is 6.55. The number of pyridine rings is 1. The number of aromatic carboxylic acids is 1. The van der Waals surface area contributed by atoms with Crippen LogP contribution in [0.25, 0.3) is 10.6 Å². The van der Waals surface area contributed by atoms with E-state index in [9.17, 15) is 14.7 Å². The van der Waals surface area contributed by atoms with Crippen LogP contribution in [0.4, 0.5) is 9.80 Å². The van der Waals surface area contributed by atoms with Gasteiger partial charge in [0.1, 0.15) is 10.6 Å². The van der Waals surface area contributed by atoms with E-state index in [2.05, 4.69) is 10.3 Å². The van der Waals surface area contributed by atoms with Gasteiger partial charge >= 0.3 is 12.1 Å². The maximum absolute atomic E-state index is 11.8. The molecule has 0 aliphatic rings. The van der Waals surface area contributed by atoms with Crippen LogP contribution in [0.1, 0.15) is 31.1 Å². The number of nitrogens with one attached hydrogen (secondary N) is 1. The summed E-state index contributed by atoms with van der Waals surface area (Å²) in [7, 11) is 0. The molecular weight excluding hydrogens is 304 g/mol. The molecule has 0 atom stereocenters. The van der Waals surface area contributed by atoms with Crippen molar-refractivity contribution in [2.24, 2.45) is 0 Å². The standard InChI is InChI=1S/C15H16N2O4S/c1-15(2,3)21-14(20)17-12-9(13(18)19)8-11(22-12)10-6-4-5-7-16-10/h4-8H,1-3H3,(H,17,20)(H,18,19). The molecule has 2 aromatic heterocycles. The molecule has 7 heteroatoms. The summed E-state index contributed by atoms with van der Waals surface area (Å²) in [6.45, 7) is 5.20. The number of ether oxygens (including phenoxy) is 1. The highest BCUT2D eigenvalue weighted by atomic mass is 32.1. The molecule has 2 heterocycles. The predicted molar refractivity (Wildman–Crippen MR) is 84.4 cm³/mol. The Morgan fingerprint density at radius 1 is 1.32 bits per heavy atom. The smallest absolute Gasteiger partial charge is 0.412 e. The van der Waals surface area contributed by atoms with E-state index < -0.39 is 17.7 Å². The van der Waals surface area contributed by atoms with Crippen molar-refractivity contribution in [1.82, 2.24) is 4.98 Å². The van der Waals surface area contributed by atoms with Crippen molar-refractivity contribution in [1.29, 1.82) is 0 Å². The van der Waals surface area contributed by atoms with Crippen molar-refractivity contribution in [2.75, 3.05) is 5.32 Å². The number of nitrogens with zero attached hydrogens (tertiary/aromatic N) is 1. The lowest BCUT2D eigenvalue weighted by molar-refractivity contribution is 0.0636. The first-order valence-corrected chi connectivity index (χ1v) is 7.36. The molecule has 6 nitrogen and oxygen atoms in total. The summed E-state index contributed by atoms with van der Waals surface area (Å²) in [5.74, 6) is -1.12. The van der Waals surface area contributed by atoms with Gasteiger partial charge in [-0.05, 0) is 39.0 Å². The van der Waals surface area contributed by atoms with Gasteiger partial charge < -0.3 is 9.84 Å². The monoisotopic (exact) mass is 320 g/mol. The summed E-state index contributed by atoms with van der Waals surface area (Å²) in [5.41, 5.74) is -0.00194. The molecule has 0 fully saturated rings. The molecule has 0 radical (unpaired) electrons. The Hall–Kier alpha value is -2.41. The fraction of sp³-hybridized carbons (Fsp3) is 0.267. The number of hydrogen-bond donors (Lipinski definition) is 2. The average Bonchev–Trinajstić information content (AvgIpc) is 2.81. The Morgan fingerprint density at radius 2 is 2.05 bits per heavy atom. The second-order valence-electron chi connectivity index (χ2n) is 5.50. The van der Waals surface area contributed by atoms with Crippen LogP contribution in [-0.2, 0) is 4.74 Å². The number of carbonyl (C=O) groups excluding carboxylic acids is 1. The molecule has 116 valence electrons. The van der Waals surface area contributed by atoms with E-state index in [1.54, 1.807) is 39.1 Å². The van der Waals surface area contributed by atoms with E-state index in [1.807, 2.05) is 6.07 Å². The second-order valence-corrected chi connectivity index (χ2v) is 6.55. The Kier molecular flexibility index (Phi) is 4.46. The van der Waals surface area contributed by atoms with Gasteiger partial charge in [0.15, 0.2) is 0 Å². The first kappa shape index (κ1) is 16.0. The fourth-order valence-electron chi connectivity index (χ4n) is 1.67. The zero-order valence-corrected chi connectivity index (χ0v) is 13.2. The van der Waals surface area contributed by atoms with Gasteiger partial charge in [-0.3, -0.25) is 10.3 Å². The van der Waals surface area contributed by atoms with Crippen molar-refractivity contribution in [3.63, 3.8) is 0 Å². The van der Waals surface area contributed by atoms with Crippen LogP contribution < -0.4 is 5.32 Å². The highest BCUT2D eigenvalue weighted by Crippen LogP contribution is 2.34. The van der Waals surface area contributed by atoms with E-state index in [0.717, 1.165) is 11.3 Å². The van der Waals surface area contributed by atoms with Crippen LogP contribution in [0.15, 0.2) is 30.5 Å². The Bertz CT molecular complexity index is 689. The quantitative estimate of drug-likeness (QED) is 0.896. The summed E-state index contributed by atoms with van der Waals surface area (Å²) in [6, 6.07) is 6.84. The third-order valence-corrected chi connectivity index (χ3v) is 3.57. The molecule has 2 N–H and O–H groups in total. The minimum Gasteiger partial charge on any atom is -0.478 e.